The predicted molar refractivity (Wildman–Crippen MR) is 103 cm³/mol. The molecule has 0 aliphatic carbocycles. The Morgan fingerprint density at radius 2 is 2.04 bits per heavy atom. The van der Waals surface area contributed by atoms with Gasteiger partial charge in [0.2, 0.25) is 0 Å². The van der Waals surface area contributed by atoms with E-state index in [0.717, 1.165) is 6.42 Å². The highest BCUT2D eigenvalue weighted by atomic mass is 32.7. The average molecular weight is 384 g/mol. The smallest absolute Gasteiger partial charge is 0.342 e. The number of esters is 1. The van der Waals surface area contributed by atoms with Gasteiger partial charge in [-0.25, -0.2) is 9.88 Å². The Balaban J connectivity index is 3.05. The minimum atomic E-state index is -3.12. The zero-order chi connectivity index (χ0) is 19.0. The van der Waals surface area contributed by atoms with Crippen molar-refractivity contribution in [3.8, 4) is 0 Å². The van der Waals surface area contributed by atoms with Gasteiger partial charge in [-0.2, -0.15) is 0 Å². The van der Waals surface area contributed by atoms with Crippen molar-refractivity contribution in [1.82, 2.24) is 9.76 Å². The highest BCUT2D eigenvalue weighted by molar-refractivity contribution is 8.57. The zero-order valence-corrected chi connectivity index (χ0v) is 16.9. The topological polar surface area (TPSA) is 75.7 Å². The highest BCUT2D eigenvalue weighted by Gasteiger charge is 2.33. The van der Waals surface area contributed by atoms with Crippen LogP contribution in [0.1, 0.15) is 47.9 Å². The summed E-state index contributed by atoms with van der Waals surface area (Å²) in [5, 5.41) is 2.92. The van der Waals surface area contributed by atoms with Crippen molar-refractivity contribution in [1.29, 1.82) is 0 Å². The van der Waals surface area contributed by atoms with E-state index < -0.39 is 18.5 Å². The number of ether oxygens (including phenoxy) is 1. The molecule has 0 fully saturated rings. The van der Waals surface area contributed by atoms with Crippen LogP contribution in [0.15, 0.2) is 36.6 Å². The molecule has 6 nitrogen and oxygen atoms in total. The van der Waals surface area contributed by atoms with Crippen molar-refractivity contribution in [3.63, 3.8) is 0 Å². The molecular formula is C17H25N2O4PS. The molecule has 0 saturated heterocycles. The maximum absolute atomic E-state index is 13.1. The number of hydrogen-bond donors (Lipinski definition) is 1. The monoisotopic (exact) mass is 384 g/mol. The molecule has 8 heteroatoms. The molecule has 1 aromatic rings. The summed E-state index contributed by atoms with van der Waals surface area (Å²) in [6.45, 7) is 2.57. The Labute approximate surface area is 153 Å². The Kier molecular flexibility index (Phi) is 8.42. The summed E-state index contributed by atoms with van der Waals surface area (Å²) in [6, 6.07) is 6.19. The standard InChI is InChI=1S/C17H25N2O4PS/c1-6-11-23-17(21)15-10-8-9-14(12-15)16(20)19(5)24(22,18-4)25-13(3)7-2/h6,8-13H,7H2,1-5H3,(H,18,22). The average Bonchev–Trinajstić information content (AvgIpc) is 2.64. The Morgan fingerprint density at radius 1 is 1.40 bits per heavy atom. The van der Waals surface area contributed by atoms with Crippen LogP contribution in [0.5, 0.6) is 0 Å². The second kappa shape index (κ2) is 9.80. The molecule has 1 N–H and O–H groups in total. The van der Waals surface area contributed by atoms with Crippen LogP contribution >= 0.6 is 18.0 Å². The van der Waals surface area contributed by atoms with Gasteiger partial charge in [0.05, 0.1) is 11.8 Å². The van der Waals surface area contributed by atoms with E-state index in [-0.39, 0.29) is 16.4 Å². The third kappa shape index (κ3) is 5.73. The van der Waals surface area contributed by atoms with E-state index in [9.17, 15) is 14.2 Å². The molecule has 0 bridgehead atoms. The number of hydrogen-bond acceptors (Lipinski definition) is 5. The lowest BCUT2D eigenvalue weighted by atomic mass is 10.1. The summed E-state index contributed by atoms with van der Waals surface area (Å²) in [7, 11) is 3.07. The van der Waals surface area contributed by atoms with Crippen LogP contribution in [0.25, 0.3) is 0 Å². The molecule has 0 spiro atoms. The minimum Gasteiger partial charge on any atom is -0.431 e. The van der Waals surface area contributed by atoms with Gasteiger partial charge < -0.3 is 4.74 Å². The molecule has 2 unspecified atom stereocenters. The molecule has 0 aliphatic heterocycles. The van der Waals surface area contributed by atoms with E-state index in [1.807, 2.05) is 13.8 Å². The van der Waals surface area contributed by atoms with Crippen LogP contribution in [0, 0.1) is 0 Å². The first-order chi connectivity index (χ1) is 11.8. The van der Waals surface area contributed by atoms with Crippen molar-refractivity contribution in [2.45, 2.75) is 32.4 Å². The Hall–Kier alpha value is -1.56. The lowest BCUT2D eigenvalue weighted by Crippen LogP contribution is -2.28. The van der Waals surface area contributed by atoms with Gasteiger partial charge in [0.25, 0.3) is 12.6 Å². The van der Waals surface area contributed by atoms with Gasteiger partial charge in [-0.3, -0.25) is 14.0 Å². The third-order valence-electron chi connectivity index (χ3n) is 3.53. The molecule has 25 heavy (non-hydrogen) atoms. The molecule has 0 saturated carbocycles. The summed E-state index contributed by atoms with van der Waals surface area (Å²) >= 11 is 1.25. The quantitative estimate of drug-likeness (QED) is 0.409. The Morgan fingerprint density at radius 3 is 2.60 bits per heavy atom. The van der Waals surface area contributed by atoms with E-state index in [1.54, 1.807) is 38.2 Å². The second-order valence-electron chi connectivity index (χ2n) is 5.35. The number of nitrogens with one attached hydrogen (secondary N) is 1. The normalized spacial score (nSPS) is 14.8. The molecule has 0 aliphatic rings. The van der Waals surface area contributed by atoms with Gasteiger partial charge in [0.1, 0.15) is 0 Å². The van der Waals surface area contributed by atoms with Crippen LogP contribution in [0.4, 0.5) is 0 Å². The van der Waals surface area contributed by atoms with Crippen molar-refractivity contribution in [2.75, 3.05) is 14.1 Å². The van der Waals surface area contributed by atoms with Crippen LogP contribution < -0.4 is 5.09 Å². The number of carbonyl (C=O) groups is 2. The number of rotatable bonds is 8. The summed E-state index contributed by atoms with van der Waals surface area (Å²) in [5.74, 6) is -0.977. The zero-order valence-electron chi connectivity index (χ0n) is 15.2. The maximum Gasteiger partial charge on any atom is 0.342 e. The molecular weight excluding hydrogens is 359 g/mol. The summed E-state index contributed by atoms with van der Waals surface area (Å²) in [4.78, 5) is 24.7. The first-order valence-corrected chi connectivity index (χ1v) is 11.1. The Bertz CT molecular complexity index is 693. The summed E-state index contributed by atoms with van der Waals surface area (Å²) in [6.07, 6.45) is 3.71. The third-order valence-corrected chi connectivity index (χ3v) is 9.26. The number of allylic oxidation sites excluding steroid dienone is 1. The molecule has 0 heterocycles. The van der Waals surface area contributed by atoms with Crippen molar-refractivity contribution in [3.05, 3.63) is 47.7 Å². The largest absolute Gasteiger partial charge is 0.431 e. The lowest BCUT2D eigenvalue weighted by Gasteiger charge is -2.29. The molecule has 2 atom stereocenters. The molecule has 138 valence electrons. The van der Waals surface area contributed by atoms with E-state index in [1.165, 1.54) is 35.4 Å². The van der Waals surface area contributed by atoms with Crippen LogP contribution in [-0.2, 0) is 9.30 Å². The fourth-order valence-corrected chi connectivity index (χ4v) is 6.29. The van der Waals surface area contributed by atoms with Gasteiger partial charge in [-0.1, -0.05) is 37.4 Å². The predicted octanol–water partition coefficient (Wildman–Crippen LogP) is 4.31. The van der Waals surface area contributed by atoms with Crippen molar-refractivity contribution >= 4 is 29.9 Å². The molecule has 1 rings (SSSR count). The highest BCUT2D eigenvalue weighted by Crippen LogP contribution is 2.59. The maximum atomic E-state index is 13.1. The second-order valence-corrected chi connectivity index (χ2v) is 10.6. The number of benzene rings is 1. The van der Waals surface area contributed by atoms with Gasteiger partial charge in [0.15, 0.2) is 0 Å². The van der Waals surface area contributed by atoms with Crippen LogP contribution in [0.2, 0.25) is 0 Å². The van der Waals surface area contributed by atoms with Gasteiger partial charge in [-0.15, -0.1) is 0 Å². The fourth-order valence-electron chi connectivity index (χ4n) is 1.88. The fraction of sp³-hybridized carbons (Fsp3) is 0.412. The molecule has 1 amide bonds. The molecule has 0 radical (unpaired) electrons. The molecule has 0 aromatic heterocycles. The van der Waals surface area contributed by atoms with E-state index in [0.29, 0.717) is 0 Å². The van der Waals surface area contributed by atoms with Crippen molar-refractivity contribution < 1.29 is 18.9 Å². The SMILES string of the molecule is CC=COC(=O)c1cccc(C(=O)N(C)P(=O)(NC)SC(C)CC)c1. The van der Waals surface area contributed by atoms with Crippen LogP contribution in [0.3, 0.4) is 0 Å². The van der Waals surface area contributed by atoms with Crippen LogP contribution in [-0.4, -0.2) is 35.9 Å². The van der Waals surface area contributed by atoms with Gasteiger partial charge >= 0.3 is 5.97 Å². The number of nitrogens with zero attached hydrogens (tertiary/aromatic N) is 1. The minimum absolute atomic E-state index is 0.135. The summed E-state index contributed by atoms with van der Waals surface area (Å²) < 4.78 is 19.2. The van der Waals surface area contributed by atoms with Crippen molar-refractivity contribution in [2.24, 2.45) is 0 Å². The van der Waals surface area contributed by atoms with E-state index in [4.69, 9.17) is 4.74 Å². The number of amides is 1. The number of carbonyl (C=O) groups excluding carboxylic acids is 2. The van der Waals surface area contributed by atoms with Gasteiger partial charge in [-0.05, 0) is 38.6 Å². The lowest BCUT2D eigenvalue weighted by molar-refractivity contribution is 0.0662. The first-order valence-electron chi connectivity index (χ1n) is 7.97. The molecule has 1 aromatic carbocycles. The summed E-state index contributed by atoms with van der Waals surface area (Å²) in [5.41, 5.74) is 0.531. The first kappa shape index (κ1) is 21.5. The van der Waals surface area contributed by atoms with Gasteiger partial charge in [0, 0.05) is 17.9 Å². The van der Waals surface area contributed by atoms with E-state index >= 15 is 0 Å². The van der Waals surface area contributed by atoms with E-state index in [2.05, 4.69) is 5.09 Å².